The minimum atomic E-state index is -0.974. The first-order valence-electron chi connectivity index (χ1n) is 6.38. The van der Waals surface area contributed by atoms with E-state index in [1.165, 1.54) is 12.8 Å². The molecule has 0 radical (unpaired) electrons. The van der Waals surface area contributed by atoms with Gasteiger partial charge >= 0.3 is 5.97 Å². The second-order valence-corrected chi connectivity index (χ2v) is 5.76. The van der Waals surface area contributed by atoms with E-state index in [9.17, 15) is 9.90 Å². The van der Waals surface area contributed by atoms with Crippen molar-refractivity contribution in [2.45, 2.75) is 64.8 Å². The molecule has 0 heterocycles. The van der Waals surface area contributed by atoms with E-state index in [2.05, 4.69) is 20.8 Å². The van der Waals surface area contributed by atoms with Crippen LogP contribution in [0.1, 0.15) is 59.3 Å². The monoisotopic (exact) mass is 227 g/mol. The van der Waals surface area contributed by atoms with Gasteiger partial charge in [0.1, 0.15) is 5.54 Å². The molecule has 16 heavy (non-hydrogen) atoms. The molecule has 1 rings (SSSR count). The van der Waals surface area contributed by atoms with E-state index >= 15 is 0 Å². The van der Waals surface area contributed by atoms with E-state index in [4.69, 9.17) is 5.73 Å². The smallest absolute Gasteiger partial charge is 0.323 e. The second kappa shape index (κ2) is 4.74. The molecule has 2 unspecified atom stereocenters. The maximum Gasteiger partial charge on any atom is 0.323 e. The van der Waals surface area contributed by atoms with E-state index < -0.39 is 11.5 Å². The van der Waals surface area contributed by atoms with Crippen LogP contribution < -0.4 is 5.73 Å². The van der Waals surface area contributed by atoms with Crippen LogP contribution in [-0.2, 0) is 4.79 Å². The number of hydrogen-bond acceptors (Lipinski definition) is 2. The average Bonchev–Trinajstić information content (AvgIpc) is 2.56. The molecular formula is C13H25NO2. The lowest BCUT2D eigenvalue weighted by molar-refractivity contribution is -0.143. The van der Waals surface area contributed by atoms with E-state index in [0.29, 0.717) is 18.8 Å². The van der Waals surface area contributed by atoms with Gasteiger partial charge in [-0.2, -0.15) is 0 Å². The highest BCUT2D eigenvalue weighted by molar-refractivity contribution is 5.79. The zero-order valence-corrected chi connectivity index (χ0v) is 10.8. The third-order valence-electron chi connectivity index (χ3n) is 4.42. The molecule has 1 saturated carbocycles. The summed E-state index contributed by atoms with van der Waals surface area (Å²) in [6.07, 6.45) is 5.70. The van der Waals surface area contributed by atoms with Gasteiger partial charge in [-0.15, -0.1) is 0 Å². The summed E-state index contributed by atoms with van der Waals surface area (Å²) in [5.74, 6) is -0.310. The highest BCUT2D eigenvalue weighted by Crippen LogP contribution is 2.51. The molecule has 0 amide bonds. The quantitative estimate of drug-likeness (QED) is 0.759. The van der Waals surface area contributed by atoms with Gasteiger partial charge in [0.25, 0.3) is 0 Å². The summed E-state index contributed by atoms with van der Waals surface area (Å²) >= 11 is 0. The summed E-state index contributed by atoms with van der Waals surface area (Å²) < 4.78 is 0. The Kier molecular flexibility index (Phi) is 4.00. The summed E-state index contributed by atoms with van der Waals surface area (Å²) in [5, 5.41) is 9.19. The van der Waals surface area contributed by atoms with Crippen LogP contribution in [0.15, 0.2) is 0 Å². The van der Waals surface area contributed by atoms with E-state index in [0.717, 1.165) is 12.8 Å². The Bertz CT molecular complexity index is 265. The Morgan fingerprint density at radius 1 is 1.44 bits per heavy atom. The van der Waals surface area contributed by atoms with Gasteiger partial charge in [0, 0.05) is 0 Å². The van der Waals surface area contributed by atoms with Crippen molar-refractivity contribution in [1.82, 2.24) is 0 Å². The zero-order valence-electron chi connectivity index (χ0n) is 10.8. The van der Waals surface area contributed by atoms with Gasteiger partial charge in [-0.3, -0.25) is 4.79 Å². The molecule has 0 spiro atoms. The molecule has 0 aromatic carbocycles. The summed E-state index contributed by atoms with van der Waals surface area (Å²) in [4.78, 5) is 11.2. The summed E-state index contributed by atoms with van der Waals surface area (Å²) in [5.41, 5.74) is 5.17. The molecule has 0 bridgehead atoms. The average molecular weight is 227 g/mol. The molecule has 1 aliphatic carbocycles. The molecule has 3 heteroatoms. The fourth-order valence-corrected chi connectivity index (χ4v) is 2.98. The second-order valence-electron chi connectivity index (χ2n) is 5.76. The van der Waals surface area contributed by atoms with Crippen molar-refractivity contribution in [3.05, 3.63) is 0 Å². The van der Waals surface area contributed by atoms with Gasteiger partial charge in [0.2, 0.25) is 0 Å². The van der Waals surface area contributed by atoms with Crippen LogP contribution >= 0.6 is 0 Å². The van der Waals surface area contributed by atoms with E-state index in [-0.39, 0.29) is 5.41 Å². The van der Waals surface area contributed by atoms with Crippen LogP contribution in [0.4, 0.5) is 0 Å². The van der Waals surface area contributed by atoms with Crippen LogP contribution in [0.3, 0.4) is 0 Å². The van der Waals surface area contributed by atoms with Crippen LogP contribution in [-0.4, -0.2) is 16.6 Å². The van der Waals surface area contributed by atoms with Crippen molar-refractivity contribution < 1.29 is 9.90 Å². The Morgan fingerprint density at radius 3 is 2.44 bits per heavy atom. The Labute approximate surface area is 98.4 Å². The van der Waals surface area contributed by atoms with Crippen molar-refractivity contribution >= 4 is 5.97 Å². The largest absolute Gasteiger partial charge is 0.480 e. The lowest BCUT2D eigenvalue weighted by Crippen LogP contribution is -2.46. The van der Waals surface area contributed by atoms with Gasteiger partial charge in [0.05, 0.1) is 0 Å². The third kappa shape index (κ3) is 2.40. The molecule has 94 valence electrons. The number of carboxylic acid groups (broad SMARTS) is 1. The number of rotatable bonds is 5. The molecule has 0 aromatic heterocycles. The van der Waals surface area contributed by atoms with Crippen molar-refractivity contribution in [3.63, 3.8) is 0 Å². The predicted molar refractivity (Wildman–Crippen MR) is 65.2 cm³/mol. The van der Waals surface area contributed by atoms with Gasteiger partial charge in [-0.05, 0) is 37.0 Å². The van der Waals surface area contributed by atoms with Crippen molar-refractivity contribution in [3.8, 4) is 0 Å². The lowest BCUT2D eigenvalue weighted by atomic mass is 9.71. The lowest BCUT2D eigenvalue weighted by Gasteiger charge is -2.35. The molecule has 0 aliphatic heterocycles. The number of aliphatic carboxylic acids is 1. The highest BCUT2D eigenvalue weighted by atomic mass is 16.4. The summed E-state index contributed by atoms with van der Waals surface area (Å²) in [6, 6.07) is 0. The molecule has 0 aromatic rings. The molecule has 2 atom stereocenters. The first-order valence-corrected chi connectivity index (χ1v) is 6.38. The number of hydrogen-bond donors (Lipinski definition) is 2. The number of carboxylic acids is 1. The fourth-order valence-electron chi connectivity index (χ4n) is 2.98. The van der Waals surface area contributed by atoms with Crippen LogP contribution in [0.2, 0.25) is 0 Å². The molecule has 1 aliphatic rings. The SMILES string of the molecule is CCCCC1(C(C)C)CCC(N)(C(=O)O)C1. The van der Waals surface area contributed by atoms with Gasteiger partial charge in [-0.25, -0.2) is 0 Å². The zero-order chi connectivity index (χ0) is 12.4. The van der Waals surface area contributed by atoms with Crippen LogP contribution in [0.25, 0.3) is 0 Å². The Morgan fingerprint density at radius 2 is 2.06 bits per heavy atom. The van der Waals surface area contributed by atoms with Crippen molar-refractivity contribution in [2.24, 2.45) is 17.1 Å². The normalized spacial score (nSPS) is 34.6. The number of nitrogens with two attached hydrogens (primary N) is 1. The highest BCUT2D eigenvalue weighted by Gasteiger charge is 2.51. The maximum absolute atomic E-state index is 11.2. The summed E-state index contributed by atoms with van der Waals surface area (Å²) in [7, 11) is 0. The van der Waals surface area contributed by atoms with E-state index in [1.807, 2.05) is 0 Å². The van der Waals surface area contributed by atoms with Crippen molar-refractivity contribution in [2.75, 3.05) is 0 Å². The first kappa shape index (κ1) is 13.5. The molecule has 1 fully saturated rings. The Balaban J connectivity index is 2.80. The first-order chi connectivity index (χ1) is 7.36. The Hall–Kier alpha value is -0.570. The molecule has 3 nitrogen and oxygen atoms in total. The summed E-state index contributed by atoms with van der Waals surface area (Å²) in [6.45, 7) is 6.57. The molecular weight excluding hydrogens is 202 g/mol. The predicted octanol–water partition coefficient (Wildman–Crippen LogP) is 2.79. The maximum atomic E-state index is 11.2. The standard InChI is InChI=1S/C13H25NO2/c1-4-5-6-12(10(2)3)7-8-13(14,9-12)11(15)16/h10H,4-9,14H2,1-3H3,(H,15,16). The molecule has 0 saturated heterocycles. The van der Waals surface area contributed by atoms with Gasteiger partial charge < -0.3 is 10.8 Å². The van der Waals surface area contributed by atoms with Crippen LogP contribution in [0.5, 0.6) is 0 Å². The molecule has 3 N–H and O–H groups in total. The van der Waals surface area contributed by atoms with Crippen LogP contribution in [0, 0.1) is 11.3 Å². The van der Waals surface area contributed by atoms with Gasteiger partial charge in [0.15, 0.2) is 0 Å². The third-order valence-corrected chi connectivity index (χ3v) is 4.42. The number of unbranched alkanes of at least 4 members (excludes halogenated alkanes) is 1. The van der Waals surface area contributed by atoms with E-state index in [1.54, 1.807) is 0 Å². The minimum absolute atomic E-state index is 0.156. The fraction of sp³-hybridized carbons (Fsp3) is 0.923. The number of carbonyl (C=O) groups is 1. The topological polar surface area (TPSA) is 63.3 Å². The van der Waals surface area contributed by atoms with Crippen molar-refractivity contribution in [1.29, 1.82) is 0 Å². The minimum Gasteiger partial charge on any atom is -0.480 e. The van der Waals surface area contributed by atoms with Gasteiger partial charge in [-0.1, -0.05) is 33.6 Å².